The van der Waals surface area contributed by atoms with Crippen molar-refractivity contribution in [2.75, 3.05) is 67.2 Å². The van der Waals surface area contributed by atoms with Crippen LogP contribution >= 0.6 is 0 Å². The Balaban J connectivity index is 1.44. The van der Waals surface area contributed by atoms with Crippen LogP contribution in [0.5, 0.6) is 0 Å². The number of hydrogen-bond acceptors (Lipinski definition) is 8. The Kier molecular flexibility index (Phi) is 4.83. The number of hydrogen-bond donors (Lipinski definition) is 0. The van der Waals surface area contributed by atoms with Gasteiger partial charge in [-0.05, 0) is 13.8 Å². The van der Waals surface area contributed by atoms with Gasteiger partial charge < -0.3 is 19.4 Å². The van der Waals surface area contributed by atoms with Crippen molar-refractivity contribution in [3.8, 4) is 0 Å². The number of anilines is 3. The molecule has 2 aliphatic rings. The quantitative estimate of drug-likeness (QED) is 0.809. The Hall–Kier alpha value is -2.48. The molecule has 0 atom stereocenters. The first-order valence-corrected chi connectivity index (χ1v) is 9.15. The number of ether oxygens (including phenoxy) is 1. The topological polar surface area (TPSA) is 70.5 Å². The Labute approximate surface area is 153 Å². The lowest BCUT2D eigenvalue weighted by Crippen LogP contribution is -2.47. The van der Waals surface area contributed by atoms with E-state index in [2.05, 4.69) is 47.6 Å². The number of nitrogens with zero attached hydrogens (tertiary/aromatic N) is 7. The largest absolute Gasteiger partial charge is 0.378 e. The molecule has 2 aromatic rings. The molecular weight excluding hydrogens is 330 g/mol. The minimum absolute atomic E-state index is 0.760. The second kappa shape index (κ2) is 7.41. The van der Waals surface area contributed by atoms with Crippen LogP contribution in [0.15, 0.2) is 18.7 Å². The van der Waals surface area contributed by atoms with Crippen molar-refractivity contribution in [1.29, 1.82) is 0 Å². The molecule has 0 N–H and O–H groups in total. The van der Waals surface area contributed by atoms with E-state index in [0.29, 0.717) is 0 Å². The highest BCUT2D eigenvalue weighted by Gasteiger charge is 2.22. The van der Waals surface area contributed by atoms with E-state index in [1.54, 1.807) is 12.7 Å². The van der Waals surface area contributed by atoms with Gasteiger partial charge in [-0.25, -0.2) is 19.9 Å². The van der Waals surface area contributed by atoms with Crippen LogP contribution in [0.2, 0.25) is 0 Å². The highest BCUT2D eigenvalue weighted by atomic mass is 16.5. The maximum atomic E-state index is 5.43. The van der Waals surface area contributed by atoms with Gasteiger partial charge in [-0.1, -0.05) is 0 Å². The molecule has 2 aromatic heterocycles. The number of aromatic nitrogens is 4. The number of rotatable bonds is 3. The van der Waals surface area contributed by atoms with Gasteiger partial charge in [0.15, 0.2) is 0 Å². The van der Waals surface area contributed by atoms with Gasteiger partial charge in [0.1, 0.15) is 30.1 Å². The van der Waals surface area contributed by atoms with Crippen molar-refractivity contribution in [3.05, 3.63) is 30.0 Å². The Morgan fingerprint density at radius 1 is 0.731 bits per heavy atom. The predicted molar refractivity (Wildman–Crippen MR) is 101 cm³/mol. The molecule has 0 aliphatic carbocycles. The fourth-order valence-electron chi connectivity index (χ4n) is 3.47. The van der Waals surface area contributed by atoms with Crippen LogP contribution in [0, 0.1) is 13.8 Å². The zero-order chi connectivity index (χ0) is 17.9. The normalized spacial score (nSPS) is 18.3. The molecule has 0 amide bonds. The van der Waals surface area contributed by atoms with Crippen LogP contribution in [0.3, 0.4) is 0 Å². The molecule has 2 aliphatic heterocycles. The Morgan fingerprint density at radius 3 is 2.00 bits per heavy atom. The molecule has 2 saturated heterocycles. The van der Waals surface area contributed by atoms with Crippen molar-refractivity contribution in [2.24, 2.45) is 0 Å². The van der Waals surface area contributed by atoms with Gasteiger partial charge in [0.25, 0.3) is 0 Å². The van der Waals surface area contributed by atoms with Gasteiger partial charge in [-0.15, -0.1) is 0 Å². The maximum Gasteiger partial charge on any atom is 0.135 e. The van der Waals surface area contributed by atoms with E-state index in [1.807, 2.05) is 6.92 Å². The SMILES string of the molecule is Cc1ncnc(N2CCN(c3cc(N4CCOCC4)ncn3)CC2)c1C. The third-order valence-electron chi connectivity index (χ3n) is 5.19. The van der Waals surface area contributed by atoms with Gasteiger partial charge >= 0.3 is 0 Å². The maximum absolute atomic E-state index is 5.43. The lowest BCUT2D eigenvalue weighted by molar-refractivity contribution is 0.122. The molecule has 0 saturated carbocycles. The second-order valence-corrected chi connectivity index (χ2v) is 6.72. The molecule has 4 rings (SSSR count). The highest BCUT2D eigenvalue weighted by molar-refractivity contribution is 5.53. The Morgan fingerprint density at radius 2 is 1.31 bits per heavy atom. The number of piperazine rings is 1. The summed E-state index contributed by atoms with van der Waals surface area (Å²) in [6.45, 7) is 11.1. The lowest BCUT2D eigenvalue weighted by Gasteiger charge is -2.37. The van der Waals surface area contributed by atoms with Crippen LogP contribution in [0.25, 0.3) is 0 Å². The number of aryl methyl sites for hydroxylation is 1. The summed E-state index contributed by atoms with van der Waals surface area (Å²) in [7, 11) is 0. The van der Waals surface area contributed by atoms with Crippen molar-refractivity contribution < 1.29 is 4.74 Å². The van der Waals surface area contributed by atoms with E-state index < -0.39 is 0 Å². The van der Waals surface area contributed by atoms with Crippen molar-refractivity contribution in [3.63, 3.8) is 0 Å². The highest BCUT2D eigenvalue weighted by Crippen LogP contribution is 2.23. The minimum atomic E-state index is 0.760. The molecule has 138 valence electrons. The molecule has 4 heterocycles. The summed E-state index contributed by atoms with van der Waals surface area (Å²) in [6.07, 6.45) is 3.33. The first-order valence-electron chi connectivity index (χ1n) is 9.15. The summed E-state index contributed by atoms with van der Waals surface area (Å²) >= 11 is 0. The monoisotopic (exact) mass is 355 g/mol. The molecule has 0 spiro atoms. The van der Waals surface area contributed by atoms with Gasteiger partial charge in [-0.3, -0.25) is 0 Å². The fourth-order valence-corrected chi connectivity index (χ4v) is 3.47. The van der Waals surface area contributed by atoms with Crippen LogP contribution < -0.4 is 14.7 Å². The first kappa shape index (κ1) is 17.0. The zero-order valence-corrected chi connectivity index (χ0v) is 15.4. The van der Waals surface area contributed by atoms with E-state index in [4.69, 9.17) is 4.74 Å². The molecule has 8 heteroatoms. The molecule has 2 fully saturated rings. The van der Waals surface area contributed by atoms with Crippen LogP contribution in [0.4, 0.5) is 17.5 Å². The molecule has 0 aromatic carbocycles. The predicted octanol–water partition coefficient (Wildman–Crippen LogP) is 1.05. The summed E-state index contributed by atoms with van der Waals surface area (Å²) in [4.78, 5) is 24.6. The van der Waals surface area contributed by atoms with Crippen LogP contribution in [0.1, 0.15) is 11.3 Å². The lowest BCUT2D eigenvalue weighted by atomic mass is 10.2. The molecule has 26 heavy (non-hydrogen) atoms. The average molecular weight is 355 g/mol. The summed E-state index contributed by atoms with van der Waals surface area (Å²) in [5.41, 5.74) is 2.21. The summed E-state index contributed by atoms with van der Waals surface area (Å²) in [5, 5.41) is 0. The van der Waals surface area contributed by atoms with Gasteiger partial charge in [-0.2, -0.15) is 0 Å². The zero-order valence-electron chi connectivity index (χ0n) is 15.4. The average Bonchev–Trinajstić information content (AvgIpc) is 2.71. The van der Waals surface area contributed by atoms with Crippen molar-refractivity contribution in [1.82, 2.24) is 19.9 Å². The van der Waals surface area contributed by atoms with Gasteiger partial charge in [0.05, 0.1) is 13.2 Å². The fraction of sp³-hybridized carbons (Fsp3) is 0.556. The molecule has 0 radical (unpaired) electrons. The molecule has 8 nitrogen and oxygen atoms in total. The van der Waals surface area contributed by atoms with E-state index in [-0.39, 0.29) is 0 Å². The molecule has 0 bridgehead atoms. The first-order chi connectivity index (χ1) is 12.7. The van der Waals surface area contributed by atoms with E-state index in [1.165, 1.54) is 0 Å². The van der Waals surface area contributed by atoms with Gasteiger partial charge in [0, 0.05) is 56.6 Å². The molecule has 0 unspecified atom stereocenters. The van der Waals surface area contributed by atoms with E-state index in [0.717, 1.165) is 81.2 Å². The molecular formula is C18H25N7O. The van der Waals surface area contributed by atoms with Crippen LogP contribution in [-0.2, 0) is 4.74 Å². The van der Waals surface area contributed by atoms with Crippen molar-refractivity contribution in [2.45, 2.75) is 13.8 Å². The smallest absolute Gasteiger partial charge is 0.135 e. The standard InChI is InChI=1S/C18H25N7O/c1-14-15(2)19-12-22-18(14)25-5-3-23(4-6-25)16-11-17(21-13-20-16)24-7-9-26-10-8-24/h11-13H,3-10H2,1-2H3. The second-order valence-electron chi connectivity index (χ2n) is 6.72. The third kappa shape index (κ3) is 3.41. The summed E-state index contributed by atoms with van der Waals surface area (Å²) < 4.78 is 5.43. The van der Waals surface area contributed by atoms with E-state index in [9.17, 15) is 0 Å². The van der Waals surface area contributed by atoms with Gasteiger partial charge in [0.2, 0.25) is 0 Å². The Bertz CT molecular complexity index is 755. The minimum Gasteiger partial charge on any atom is -0.378 e. The van der Waals surface area contributed by atoms with Crippen molar-refractivity contribution >= 4 is 17.5 Å². The third-order valence-corrected chi connectivity index (χ3v) is 5.19. The van der Waals surface area contributed by atoms with Crippen LogP contribution in [-0.4, -0.2) is 72.4 Å². The summed E-state index contributed by atoms with van der Waals surface area (Å²) in [5.74, 6) is 3.04. The summed E-state index contributed by atoms with van der Waals surface area (Å²) in [6, 6.07) is 2.10. The van der Waals surface area contributed by atoms with E-state index >= 15 is 0 Å². The number of morpholine rings is 1.